The summed E-state index contributed by atoms with van der Waals surface area (Å²) in [5.41, 5.74) is 3.52. The van der Waals surface area contributed by atoms with E-state index in [0.717, 1.165) is 49.7 Å². The Bertz CT molecular complexity index is 1100. The fourth-order valence-corrected chi connectivity index (χ4v) is 4.21. The van der Waals surface area contributed by atoms with Crippen LogP contribution in [-0.2, 0) is 0 Å². The molecule has 0 aliphatic carbocycles. The van der Waals surface area contributed by atoms with Gasteiger partial charge in [0.05, 0.1) is 21.4 Å². The van der Waals surface area contributed by atoms with Gasteiger partial charge in [-0.1, -0.05) is 59.6 Å². The first-order chi connectivity index (χ1) is 16.1. The molecule has 4 rings (SSSR count). The lowest BCUT2D eigenvalue weighted by atomic mass is 10.1. The Kier molecular flexibility index (Phi) is 11.8. The molecule has 5 nitrogen and oxygen atoms in total. The molecular weight excluding hydrogens is 526 g/mol. The highest BCUT2D eigenvalue weighted by Gasteiger charge is 2.18. The standard InChI is InChI=1S/C26H26Cl2N4O.2ClH/c27-22-6-5-8-24(25(22)28)32-18-16-31(17-19-32)15-4-3-14-30-26(33)21-11-9-20(10-12-21)23-7-1-2-13-29-23;;/h1-13H,14-19H2,(H,30,33);2*1H. The quantitative estimate of drug-likeness (QED) is 0.364. The van der Waals surface area contributed by atoms with Gasteiger partial charge in [-0.2, -0.15) is 0 Å². The predicted molar refractivity (Wildman–Crippen MR) is 151 cm³/mol. The highest BCUT2D eigenvalue weighted by molar-refractivity contribution is 6.43. The molecule has 1 aliphatic rings. The minimum absolute atomic E-state index is 0. The molecule has 35 heavy (non-hydrogen) atoms. The highest BCUT2D eigenvalue weighted by Crippen LogP contribution is 2.32. The molecule has 1 aromatic heterocycles. The lowest BCUT2D eigenvalue weighted by molar-refractivity contribution is 0.0958. The van der Waals surface area contributed by atoms with Crippen molar-refractivity contribution in [1.82, 2.24) is 15.2 Å². The molecule has 9 heteroatoms. The van der Waals surface area contributed by atoms with Gasteiger partial charge < -0.3 is 10.2 Å². The first kappa shape index (κ1) is 29.0. The van der Waals surface area contributed by atoms with Crippen molar-refractivity contribution >= 4 is 59.6 Å². The summed E-state index contributed by atoms with van der Waals surface area (Å²) in [5.74, 6) is -0.0840. The number of carbonyl (C=O) groups excluding carboxylic acids is 1. The largest absolute Gasteiger partial charge is 0.368 e. The molecule has 2 aromatic carbocycles. The average molecular weight is 554 g/mol. The van der Waals surface area contributed by atoms with E-state index in [1.165, 1.54) is 0 Å². The SMILES string of the molecule is Cl.Cl.O=C(NCC=CCN1CCN(c2cccc(Cl)c2Cl)CC1)c1ccc(-c2ccccn2)cc1. The van der Waals surface area contributed by atoms with Crippen molar-refractivity contribution in [2.45, 2.75) is 0 Å². The number of pyridine rings is 1. The maximum Gasteiger partial charge on any atom is 0.251 e. The summed E-state index contributed by atoms with van der Waals surface area (Å²) in [6, 6.07) is 19.0. The number of nitrogens with zero attached hydrogens (tertiary/aromatic N) is 3. The second kappa shape index (κ2) is 14.3. The lowest BCUT2D eigenvalue weighted by Gasteiger charge is -2.36. The van der Waals surface area contributed by atoms with Crippen LogP contribution in [0.4, 0.5) is 5.69 Å². The van der Waals surface area contributed by atoms with Gasteiger partial charge in [-0.3, -0.25) is 14.7 Å². The first-order valence-corrected chi connectivity index (χ1v) is 11.7. The van der Waals surface area contributed by atoms with Crippen LogP contribution in [0, 0.1) is 0 Å². The summed E-state index contributed by atoms with van der Waals surface area (Å²) in [4.78, 5) is 21.4. The molecule has 1 aliphatic heterocycles. The van der Waals surface area contributed by atoms with Crippen LogP contribution in [0.1, 0.15) is 10.4 Å². The van der Waals surface area contributed by atoms with Crippen LogP contribution < -0.4 is 10.2 Å². The Morgan fingerprint density at radius 2 is 1.66 bits per heavy atom. The van der Waals surface area contributed by atoms with Gasteiger partial charge in [-0.25, -0.2) is 0 Å². The molecular formula is C26H28Cl4N4O. The molecule has 186 valence electrons. The normalized spacial score (nSPS) is 13.7. The fraction of sp³-hybridized carbons (Fsp3) is 0.231. The van der Waals surface area contributed by atoms with E-state index in [4.69, 9.17) is 23.2 Å². The third kappa shape index (κ3) is 7.86. The Morgan fingerprint density at radius 3 is 2.34 bits per heavy atom. The Hall–Kier alpha value is -2.28. The highest BCUT2D eigenvalue weighted by atomic mass is 35.5. The van der Waals surface area contributed by atoms with Crippen molar-refractivity contribution in [2.24, 2.45) is 0 Å². The smallest absolute Gasteiger partial charge is 0.251 e. The number of hydrogen-bond acceptors (Lipinski definition) is 4. The number of carbonyl (C=O) groups is 1. The Labute approximate surface area is 228 Å². The van der Waals surface area contributed by atoms with Crippen LogP contribution >= 0.6 is 48.0 Å². The van der Waals surface area contributed by atoms with Crippen LogP contribution in [0.5, 0.6) is 0 Å². The molecule has 0 saturated carbocycles. The van der Waals surface area contributed by atoms with Gasteiger partial charge >= 0.3 is 0 Å². The maximum atomic E-state index is 12.4. The first-order valence-electron chi connectivity index (χ1n) is 11.0. The van der Waals surface area contributed by atoms with E-state index in [9.17, 15) is 4.79 Å². The molecule has 0 bridgehead atoms. The van der Waals surface area contributed by atoms with E-state index in [1.807, 2.05) is 66.7 Å². The van der Waals surface area contributed by atoms with Crippen LogP contribution in [0.3, 0.4) is 0 Å². The van der Waals surface area contributed by atoms with Crippen LogP contribution in [-0.4, -0.2) is 55.1 Å². The van der Waals surface area contributed by atoms with E-state index in [2.05, 4.69) is 26.2 Å². The van der Waals surface area contributed by atoms with Gasteiger partial charge in [0.15, 0.2) is 0 Å². The van der Waals surface area contributed by atoms with E-state index in [1.54, 1.807) is 6.20 Å². The van der Waals surface area contributed by atoms with Gasteiger partial charge in [-0.05, 0) is 36.4 Å². The van der Waals surface area contributed by atoms with Crippen molar-refractivity contribution in [2.75, 3.05) is 44.2 Å². The van der Waals surface area contributed by atoms with Gasteiger partial charge in [-0.15, -0.1) is 24.8 Å². The summed E-state index contributed by atoms with van der Waals surface area (Å²) in [7, 11) is 0. The number of nitrogens with one attached hydrogen (secondary N) is 1. The summed E-state index contributed by atoms with van der Waals surface area (Å²) in [6.45, 7) is 5.05. The number of hydrogen-bond donors (Lipinski definition) is 1. The number of aromatic nitrogens is 1. The van der Waals surface area contributed by atoms with E-state index >= 15 is 0 Å². The summed E-state index contributed by atoms with van der Waals surface area (Å²) >= 11 is 12.5. The van der Waals surface area contributed by atoms with Gasteiger partial charge in [0.2, 0.25) is 0 Å². The number of halogens is 4. The van der Waals surface area contributed by atoms with Crippen molar-refractivity contribution in [1.29, 1.82) is 0 Å². The number of benzene rings is 2. The van der Waals surface area contributed by atoms with Gasteiger partial charge in [0.25, 0.3) is 5.91 Å². The second-order valence-corrected chi connectivity index (χ2v) is 8.62. The Balaban J connectivity index is 0.00000216. The minimum Gasteiger partial charge on any atom is -0.368 e. The Morgan fingerprint density at radius 1 is 0.914 bits per heavy atom. The molecule has 0 radical (unpaired) electrons. The molecule has 1 fully saturated rings. The van der Waals surface area contributed by atoms with Gasteiger partial charge in [0, 0.05) is 56.6 Å². The number of amides is 1. The zero-order chi connectivity index (χ0) is 23.0. The van der Waals surface area contributed by atoms with Gasteiger partial charge in [0.1, 0.15) is 0 Å². The predicted octanol–water partition coefficient (Wildman–Crippen LogP) is 6.01. The van der Waals surface area contributed by atoms with E-state index in [0.29, 0.717) is 22.2 Å². The third-order valence-corrected chi connectivity index (χ3v) is 6.47. The molecule has 0 atom stereocenters. The van der Waals surface area contributed by atoms with Crippen molar-refractivity contribution in [3.63, 3.8) is 0 Å². The van der Waals surface area contributed by atoms with Crippen molar-refractivity contribution in [3.8, 4) is 11.3 Å². The molecule has 1 amide bonds. The van der Waals surface area contributed by atoms with Crippen molar-refractivity contribution < 1.29 is 4.79 Å². The topological polar surface area (TPSA) is 48.5 Å². The molecule has 2 heterocycles. The lowest BCUT2D eigenvalue weighted by Crippen LogP contribution is -2.46. The molecule has 0 spiro atoms. The van der Waals surface area contributed by atoms with E-state index in [-0.39, 0.29) is 30.7 Å². The number of anilines is 1. The second-order valence-electron chi connectivity index (χ2n) is 7.83. The maximum absolute atomic E-state index is 12.4. The molecule has 0 unspecified atom stereocenters. The summed E-state index contributed by atoms with van der Waals surface area (Å²) in [6.07, 6.45) is 5.87. The minimum atomic E-state index is -0.0840. The molecule has 3 aromatic rings. The van der Waals surface area contributed by atoms with E-state index < -0.39 is 0 Å². The van der Waals surface area contributed by atoms with Crippen LogP contribution in [0.15, 0.2) is 79.0 Å². The summed E-state index contributed by atoms with van der Waals surface area (Å²) < 4.78 is 0. The summed E-state index contributed by atoms with van der Waals surface area (Å²) in [5, 5.41) is 4.15. The fourth-order valence-electron chi connectivity index (χ4n) is 3.79. The number of rotatable bonds is 7. The monoisotopic (exact) mass is 552 g/mol. The molecule has 1 N–H and O–H groups in total. The molecule has 1 saturated heterocycles. The average Bonchev–Trinajstić information content (AvgIpc) is 2.86. The number of piperazine rings is 1. The zero-order valence-corrected chi connectivity index (χ0v) is 22.2. The zero-order valence-electron chi connectivity index (χ0n) is 19.1. The van der Waals surface area contributed by atoms with Crippen molar-refractivity contribution in [3.05, 3.63) is 94.6 Å². The third-order valence-electron chi connectivity index (χ3n) is 5.66. The van der Waals surface area contributed by atoms with Crippen LogP contribution in [0.2, 0.25) is 10.0 Å². The van der Waals surface area contributed by atoms with Crippen LogP contribution in [0.25, 0.3) is 11.3 Å².